The maximum Gasteiger partial charge on any atom is 0.422 e. The van der Waals surface area contributed by atoms with Gasteiger partial charge in [0.05, 0.1) is 17.6 Å². The summed E-state index contributed by atoms with van der Waals surface area (Å²) in [6, 6.07) is 7.37. The Morgan fingerprint density at radius 2 is 2.00 bits per heavy atom. The summed E-state index contributed by atoms with van der Waals surface area (Å²) in [5.74, 6) is -2.51. The quantitative estimate of drug-likeness (QED) is 0.682. The Hall–Kier alpha value is -3.43. The molecule has 0 aliphatic rings. The number of halogens is 4. The number of carbonyl (C=O) groups is 1. The van der Waals surface area contributed by atoms with Gasteiger partial charge in [-0.25, -0.2) is 13.9 Å². The number of nitrogens with zero attached hydrogens (tertiary/aromatic N) is 3. The van der Waals surface area contributed by atoms with E-state index in [4.69, 9.17) is 0 Å². The van der Waals surface area contributed by atoms with E-state index in [0.29, 0.717) is 5.69 Å². The van der Waals surface area contributed by atoms with Gasteiger partial charge < -0.3 is 9.84 Å². The van der Waals surface area contributed by atoms with Gasteiger partial charge in [-0.3, -0.25) is 4.98 Å². The van der Waals surface area contributed by atoms with E-state index in [0.717, 1.165) is 12.1 Å². The van der Waals surface area contributed by atoms with Gasteiger partial charge in [-0.2, -0.15) is 18.3 Å². The van der Waals surface area contributed by atoms with Crippen molar-refractivity contribution in [3.63, 3.8) is 0 Å². The largest absolute Gasteiger partial charge is 0.484 e. The Morgan fingerprint density at radius 1 is 1.22 bits per heavy atom. The summed E-state index contributed by atoms with van der Waals surface area (Å²) in [7, 11) is 0. The van der Waals surface area contributed by atoms with Crippen LogP contribution in [0, 0.1) is 5.82 Å². The van der Waals surface area contributed by atoms with E-state index in [2.05, 4.69) is 14.8 Å². The monoisotopic (exact) mass is 381 g/mol. The maximum absolute atomic E-state index is 13.9. The van der Waals surface area contributed by atoms with Crippen molar-refractivity contribution in [1.29, 1.82) is 0 Å². The zero-order valence-electron chi connectivity index (χ0n) is 13.4. The zero-order valence-corrected chi connectivity index (χ0v) is 13.4. The van der Waals surface area contributed by atoms with Crippen molar-refractivity contribution in [1.82, 2.24) is 14.8 Å². The highest BCUT2D eigenvalue weighted by atomic mass is 19.4. The molecular weight excluding hydrogens is 370 g/mol. The fourth-order valence-electron chi connectivity index (χ4n) is 2.33. The molecule has 2 heterocycles. The van der Waals surface area contributed by atoms with Crippen LogP contribution in [0.3, 0.4) is 0 Å². The number of hydrogen-bond donors (Lipinski definition) is 1. The van der Waals surface area contributed by atoms with Crippen molar-refractivity contribution in [3.05, 3.63) is 60.3 Å². The summed E-state index contributed by atoms with van der Waals surface area (Å²) in [5, 5.41) is 13.1. The van der Waals surface area contributed by atoms with Crippen LogP contribution in [0.1, 0.15) is 10.5 Å². The van der Waals surface area contributed by atoms with Crippen molar-refractivity contribution in [2.24, 2.45) is 0 Å². The number of rotatable bonds is 5. The fourth-order valence-corrected chi connectivity index (χ4v) is 2.33. The van der Waals surface area contributed by atoms with Gasteiger partial charge in [0.25, 0.3) is 0 Å². The second kappa shape index (κ2) is 7.06. The van der Waals surface area contributed by atoms with Crippen LogP contribution in [0.2, 0.25) is 0 Å². The number of aromatic nitrogens is 3. The van der Waals surface area contributed by atoms with Crippen LogP contribution in [-0.2, 0) is 0 Å². The van der Waals surface area contributed by atoms with Crippen molar-refractivity contribution in [3.8, 4) is 22.7 Å². The molecule has 140 valence electrons. The highest BCUT2D eigenvalue weighted by Gasteiger charge is 2.28. The average Bonchev–Trinajstić information content (AvgIpc) is 3.05. The van der Waals surface area contributed by atoms with Crippen LogP contribution in [0.4, 0.5) is 17.6 Å². The molecule has 0 unspecified atom stereocenters. The molecule has 2 aromatic heterocycles. The lowest BCUT2D eigenvalue weighted by Crippen LogP contribution is -2.19. The molecule has 0 spiro atoms. The van der Waals surface area contributed by atoms with Crippen molar-refractivity contribution < 1.29 is 32.2 Å². The second-order valence-electron chi connectivity index (χ2n) is 5.42. The predicted molar refractivity (Wildman–Crippen MR) is 85.3 cm³/mol. The van der Waals surface area contributed by atoms with Gasteiger partial charge in [0.1, 0.15) is 11.6 Å². The summed E-state index contributed by atoms with van der Waals surface area (Å²) in [5.41, 5.74) is 0.311. The molecule has 27 heavy (non-hydrogen) atoms. The van der Waals surface area contributed by atoms with Crippen LogP contribution >= 0.6 is 0 Å². The summed E-state index contributed by atoms with van der Waals surface area (Å²) >= 11 is 0. The molecular formula is C17H11F4N3O3. The van der Waals surface area contributed by atoms with E-state index in [-0.39, 0.29) is 22.7 Å². The van der Waals surface area contributed by atoms with Gasteiger partial charge in [0.15, 0.2) is 12.3 Å². The first-order valence-electron chi connectivity index (χ1n) is 7.47. The Bertz CT molecular complexity index is 971. The van der Waals surface area contributed by atoms with Crippen LogP contribution in [-0.4, -0.2) is 38.6 Å². The van der Waals surface area contributed by atoms with Crippen LogP contribution in [0.25, 0.3) is 16.9 Å². The minimum absolute atomic E-state index is 0.0935. The summed E-state index contributed by atoms with van der Waals surface area (Å²) in [4.78, 5) is 15.2. The van der Waals surface area contributed by atoms with Crippen molar-refractivity contribution in [2.75, 3.05) is 6.61 Å². The van der Waals surface area contributed by atoms with E-state index in [9.17, 15) is 27.5 Å². The number of hydrogen-bond acceptors (Lipinski definition) is 4. The number of carboxylic acid groups (broad SMARTS) is 1. The molecule has 0 aliphatic heterocycles. The number of carboxylic acids is 1. The minimum atomic E-state index is -4.58. The Balaban J connectivity index is 2.08. The Kier molecular flexibility index (Phi) is 4.80. The first-order chi connectivity index (χ1) is 12.7. The highest BCUT2D eigenvalue weighted by molar-refractivity contribution is 5.87. The van der Waals surface area contributed by atoms with Gasteiger partial charge in [-0.1, -0.05) is 0 Å². The summed E-state index contributed by atoms with van der Waals surface area (Å²) < 4.78 is 56.7. The third-order valence-corrected chi connectivity index (χ3v) is 3.39. The lowest BCUT2D eigenvalue weighted by Gasteiger charge is -2.12. The Labute approximate surface area is 149 Å². The molecule has 0 saturated carbocycles. The molecule has 3 rings (SSSR count). The van der Waals surface area contributed by atoms with E-state index in [1.165, 1.54) is 29.2 Å². The second-order valence-corrected chi connectivity index (χ2v) is 5.42. The number of alkyl halides is 3. The molecule has 0 amide bonds. The molecule has 0 atom stereocenters. The smallest absolute Gasteiger partial charge is 0.422 e. The molecule has 3 aromatic rings. The Morgan fingerprint density at radius 3 is 2.63 bits per heavy atom. The van der Waals surface area contributed by atoms with Crippen molar-refractivity contribution >= 4 is 5.97 Å². The molecule has 0 aliphatic carbocycles. The lowest BCUT2D eigenvalue weighted by atomic mass is 10.1. The SMILES string of the molecule is O=C(O)c1cc(-c2cc(F)cc(OCC(F)(F)F)c2)n(-c2cccnc2)n1. The molecule has 0 saturated heterocycles. The first-order valence-corrected chi connectivity index (χ1v) is 7.47. The van der Waals surface area contributed by atoms with Gasteiger partial charge in [-0.15, -0.1) is 0 Å². The fraction of sp³-hybridized carbons (Fsp3) is 0.118. The number of ether oxygens (including phenoxy) is 1. The van der Waals surface area contributed by atoms with Gasteiger partial charge in [0.2, 0.25) is 0 Å². The normalized spacial score (nSPS) is 11.4. The third kappa shape index (κ3) is 4.40. The van der Waals surface area contributed by atoms with Crippen LogP contribution in [0.5, 0.6) is 5.75 Å². The van der Waals surface area contributed by atoms with Gasteiger partial charge in [0, 0.05) is 17.8 Å². The molecule has 10 heteroatoms. The number of benzene rings is 1. The van der Waals surface area contributed by atoms with Gasteiger partial charge >= 0.3 is 12.1 Å². The zero-order chi connectivity index (χ0) is 19.6. The number of pyridine rings is 1. The van der Waals surface area contributed by atoms with Crippen LogP contribution in [0.15, 0.2) is 48.8 Å². The number of aromatic carboxylic acids is 1. The molecule has 1 aromatic carbocycles. The lowest BCUT2D eigenvalue weighted by molar-refractivity contribution is -0.153. The minimum Gasteiger partial charge on any atom is -0.484 e. The van der Waals surface area contributed by atoms with Gasteiger partial charge in [-0.05, 0) is 30.3 Å². The topological polar surface area (TPSA) is 77.2 Å². The highest BCUT2D eigenvalue weighted by Crippen LogP contribution is 2.29. The molecule has 6 nitrogen and oxygen atoms in total. The average molecular weight is 381 g/mol. The van der Waals surface area contributed by atoms with E-state index in [1.54, 1.807) is 12.1 Å². The van der Waals surface area contributed by atoms with E-state index < -0.39 is 24.6 Å². The summed E-state index contributed by atoms with van der Waals surface area (Å²) in [6.45, 7) is -1.59. The maximum atomic E-state index is 13.9. The molecule has 0 fully saturated rings. The summed E-state index contributed by atoms with van der Waals surface area (Å²) in [6.07, 6.45) is -1.68. The third-order valence-electron chi connectivity index (χ3n) is 3.39. The molecule has 0 radical (unpaired) electrons. The first kappa shape index (κ1) is 18.4. The predicted octanol–water partition coefficient (Wildman–Crippen LogP) is 3.71. The standard InChI is InChI=1S/C17H11F4N3O3/c18-11-4-10(5-13(6-11)27-9-17(19,20)21)15-7-14(16(25)26)23-24(15)12-2-1-3-22-8-12/h1-8H,9H2,(H,25,26). The van der Waals surface area contributed by atoms with E-state index in [1.807, 2.05) is 0 Å². The molecule has 1 N–H and O–H groups in total. The van der Waals surface area contributed by atoms with E-state index >= 15 is 0 Å². The van der Waals surface area contributed by atoms with Crippen molar-refractivity contribution in [2.45, 2.75) is 6.18 Å². The molecule has 0 bridgehead atoms. The van der Waals surface area contributed by atoms with Crippen LogP contribution < -0.4 is 4.74 Å².